The van der Waals surface area contributed by atoms with Crippen LogP contribution in [0.3, 0.4) is 0 Å². The van der Waals surface area contributed by atoms with E-state index in [0.717, 1.165) is 22.3 Å². The molecule has 3 aromatic carbocycles. The lowest BCUT2D eigenvalue weighted by atomic mass is 9.98. The van der Waals surface area contributed by atoms with Crippen molar-refractivity contribution in [2.45, 2.75) is 63.8 Å². The normalized spacial score (nSPS) is 18.0. The van der Waals surface area contributed by atoms with Crippen LogP contribution in [0.2, 0.25) is 0 Å². The first-order chi connectivity index (χ1) is 22.2. The fourth-order valence-corrected chi connectivity index (χ4v) is 6.32. The second-order valence-electron chi connectivity index (χ2n) is 12.3. The van der Waals surface area contributed by atoms with E-state index in [1.807, 2.05) is 48.5 Å². The molecular weight excluding hydrogens is 629 g/mol. The number of esters is 1. The molecule has 47 heavy (non-hydrogen) atoms. The zero-order valence-electron chi connectivity index (χ0n) is 26.1. The topological polar surface area (TPSA) is 193 Å². The molecule has 5 rings (SSSR count). The van der Waals surface area contributed by atoms with Gasteiger partial charge in [-0.25, -0.2) is 9.36 Å². The molecule has 5 N–H and O–H groups in total. The maximum atomic E-state index is 13.6. The Morgan fingerprint density at radius 2 is 1.62 bits per heavy atom. The molecule has 1 heterocycles. The number of hydrogen-bond acceptors (Lipinski definition) is 9. The van der Waals surface area contributed by atoms with E-state index in [4.69, 9.17) is 24.3 Å². The molecule has 13 nitrogen and oxygen atoms in total. The molecule has 14 heteroatoms. The third kappa shape index (κ3) is 8.37. The van der Waals surface area contributed by atoms with Crippen molar-refractivity contribution >= 4 is 31.7 Å². The Morgan fingerprint density at radius 3 is 2.23 bits per heavy atom. The van der Waals surface area contributed by atoms with Crippen LogP contribution < -0.4 is 20.9 Å². The van der Waals surface area contributed by atoms with Crippen molar-refractivity contribution in [1.82, 2.24) is 10.6 Å². The minimum atomic E-state index is -4.22. The number of ether oxygens (including phenoxy) is 2. The number of alkyl carbamates (subject to hydrolysis) is 1. The van der Waals surface area contributed by atoms with E-state index >= 15 is 0 Å². The van der Waals surface area contributed by atoms with E-state index < -0.39 is 55.8 Å². The number of nitrogens with two attached hydrogens (primary N) is 1. The summed E-state index contributed by atoms with van der Waals surface area (Å²) in [6, 6.07) is 17.6. The Kier molecular flexibility index (Phi) is 9.71. The third-order valence-electron chi connectivity index (χ3n) is 7.56. The van der Waals surface area contributed by atoms with Gasteiger partial charge >= 0.3 is 19.9 Å². The summed E-state index contributed by atoms with van der Waals surface area (Å²) in [6.07, 6.45) is -1.51. The van der Waals surface area contributed by atoms with Gasteiger partial charge < -0.3 is 30.4 Å². The summed E-state index contributed by atoms with van der Waals surface area (Å²) in [5, 5.41) is 5.03. The first kappa shape index (κ1) is 33.6. The number of carbonyl (C=O) groups is 4. The van der Waals surface area contributed by atoms with E-state index in [2.05, 4.69) is 10.6 Å². The van der Waals surface area contributed by atoms with E-state index in [-0.39, 0.29) is 31.3 Å². The fraction of sp³-hybridized carbons (Fsp3) is 0.333. The third-order valence-corrected chi connectivity index (χ3v) is 8.45. The molecule has 1 aliphatic carbocycles. The number of nitrogens with one attached hydrogen (secondary N) is 2. The van der Waals surface area contributed by atoms with E-state index in [9.17, 15) is 28.6 Å². The minimum absolute atomic E-state index is 0.00844. The van der Waals surface area contributed by atoms with Crippen molar-refractivity contribution in [3.63, 3.8) is 0 Å². The summed E-state index contributed by atoms with van der Waals surface area (Å²) >= 11 is 0. The largest absolute Gasteiger partial charge is 0.527 e. The second kappa shape index (κ2) is 13.6. The van der Waals surface area contributed by atoms with Gasteiger partial charge in [0.15, 0.2) is 0 Å². The molecule has 1 aliphatic heterocycles. The zero-order valence-corrected chi connectivity index (χ0v) is 27.0. The number of benzene rings is 3. The molecule has 0 radical (unpaired) electrons. The molecule has 1 unspecified atom stereocenters. The van der Waals surface area contributed by atoms with Crippen LogP contribution >= 0.6 is 7.82 Å². The van der Waals surface area contributed by atoms with Crippen molar-refractivity contribution in [2.24, 2.45) is 5.73 Å². The summed E-state index contributed by atoms with van der Waals surface area (Å²) in [6.45, 7) is 4.75. The molecule has 3 amide bonds. The average molecular weight is 666 g/mol. The predicted octanol–water partition coefficient (Wildman–Crippen LogP) is 3.85. The summed E-state index contributed by atoms with van der Waals surface area (Å²) in [4.78, 5) is 61.0. The Balaban J connectivity index is 1.33. The number of amides is 3. The van der Waals surface area contributed by atoms with Gasteiger partial charge in [-0.05, 0) is 60.7 Å². The van der Waals surface area contributed by atoms with Crippen molar-refractivity contribution in [3.05, 3.63) is 89.0 Å². The summed E-state index contributed by atoms with van der Waals surface area (Å²) in [5.74, 6) is -2.62. The molecule has 2 aliphatic rings. The average Bonchev–Trinajstić information content (AvgIpc) is 3.31. The van der Waals surface area contributed by atoms with Gasteiger partial charge in [-0.3, -0.25) is 23.8 Å². The number of fused-ring (bicyclic) bond motifs is 4. The summed E-state index contributed by atoms with van der Waals surface area (Å²) < 4.78 is 32.6. The lowest BCUT2D eigenvalue weighted by molar-refractivity contribution is -0.156. The maximum absolute atomic E-state index is 13.6. The van der Waals surface area contributed by atoms with Gasteiger partial charge in [-0.15, -0.1) is 0 Å². The number of hydrogen-bond donors (Lipinski definition) is 4. The van der Waals surface area contributed by atoms with Gasteiger partial charge in [0.2, 0.25) is 11.8 Å². The molecule has 0 aromatic heterocycles. The van der Waals surface area contributed by atoms with E-state index in [0.29, 0.717) is 11.1 Å². The Bertz CT molecular complexity index is 1710. The number of phosphoric acid groups is 1. The molecular formula is C33H36N3O10P. The Labute approximate surface area is 271 Å². The Morgan fingerprint density at radius 1 is 0.979 bits per heavy atom. The molecule has 0 fully saturated rings. The van der Waals surface area contributed by atoms with Gasteiger partial charge in [0.25, 0.3) is 0 Å². The highest BCUT2D eigenvalue weighted by Crippen LogP contribution is 2.50. The monoisotopic (exact) mass is 665 g/mol. The fourth-order valence-electron chi connectivity index (χ4n) is 5.54. The zero-order chi connectivity index (χ0) is 33.9. The number of primary amides is 1. The van der Waals surface area contributed by atoms with Gasteiger partial charge in [-0.1, -0.05) is 54.6 Å². The smallest absolute Gasteiger partial charge is 0.460 e. The van der Waals surface area contributed by atoms with Crippen LogP contribution in [0.25, 0.3) is 11.1 Å². The number of carbonyl (C=O) groups excluding carboxylic acids is 4. The Hall–Kier alpha value is -4.71. The standard InChI is InChI=1S/C33H36N3O10P/c1-33(2,3)45-29(37)16-26(30(34)38)35-31(39)27(15-19-12-13-28-20(14-19)17-44-47(41,42)46-28)36-32(40)43-18-25-23-10-6-4-8-21(23)22-9-5-7-11-24(22)25/h4-14,25-27H,15-18H2,1-3H3,(H2,34,38)(H,35,39)(H,36,40)(H,41,42)/t26-,27-/m0/s1. The van der Waals surface area contributed by atoms with Crippen LogP contribution in [0.15, 0.2) is 66.7 Å². The quantitative estimate of drug-likeness (QED) is 0.183. The molecule has 0 bridgehead atoms. The molecule has 0 spiro atoms. The first-order valence-corrected chi connectivity index (χ1v) is 16.4. The second-order valence-corrected chi connectivity index (χ2v) is 13.6. The van der Waals surface area contributed by atoms with Crippen molar-refractivity contribution < 1.29 is 47.2 Å². The lowest BCUT2D eigenvalue weighted by Gasteiger charge is -2.25. The van der Waals surface area contributed by atoms with Crippen molar-refractivity contribution in [3.8, 4) is 16.9 Å². The number of rotatable bonds is 10. The van der Waals surface area contributed by atoms with Gasteiger partial charge in [0.05, 0.1) is 13.0 Å². The molecule has 248 valence electrons. The van der Waals surface area contributed by atoms with Crippen LogP contribution in [0.1, 0.15) is 55.4 Å². The number of phosphoric ester groups is 1. The molecule has 0 saturated carbocycles. The van der Waals surface area contributed by atoms with E-state index in [1.165, 1.54) is 6.07 Å². The van der Waals surface area contributed by atoms with E-state index in [1.54, 1.807) is 32.9 Å². The predicted molar refractivity (Wildman–Crippen MR) is 169 cm³/mol. The van der Waals surface area contributed by atoms with Crippen molar-refractivity contribution in [1.29, 1.82) is 0 Å². The highest BCUT2D eigenvalue weighted by Gasteiger charge is 2.33. The van der Waals surface area contributed by atoms with Gasteiger partial charge in [0, 0.05) is 17.9 Å². The molecule has 3 atom stereocenters. The highest BCUT2D eigenvalue weighted by atomic mass is 31.2. The SMILES string of the molecule is CC(C)(C)OC(=O)C[C@H](NC(=O)[C@H](Cc1ccc2c(c1)COP(=O)(O)O2)NC(=O)OCC1c2ccccc2-c2ccccc21)C(N)=O. The van der Waals surface area contributed by atoms with Crippen molar-refractivity contribution in [2.75, 3.05) is 6.61 Å². The van der Waals surface area contributed by atoms with Crippen LogP contribution in [0.5, 0.6) is 5.75 Å². The van der Waals surface area contributed by atoms with Crippen LogP contribution in [0.4, 0.5) is 4.79 Å². The molecule has 0 saturated heterocycles. The van der Waals surface area contributed by atoms with Gasteiger partial charge in [0.1, 0.15) is 30.0 Å². The van der Waals surface area contributed by atoms with Gasteiger partial charge in [-0.2, -0.15) is 0 Å². The molecule has 3 aromatic rings. The lowest BCUT2D eigenvalue weighted by Crippen LogP contribution is -2.54. The summed E-state index contributed by atoms with van der Waals surface area (Å²) in [5.41, 5.74) is 9.75. The highest BCUT2D eigenvalue weighted by molar-refractivity contribution is 7.47. The summed E-state index contributed by atoms with van der Waals surface area (Å²) in [7, 11) is -4.22. The minimum Gasteiger partial charge on any atom is -0.460 e. The maximum Gasteiger partial charge on any atom is 0.527 e. The van der Waals surface area contributed by atoms with Crippen LogP contribution in [0, 0.1) is 0 Å². The van der Waals surface area contributed by atoms with Crippen LogP contribution in [-0.4, -0.2) is 53.1 Å². The first-order valence-electron chi connectivity index (χ1n) is 14.9. The van der Waals surface area contributed by atoms with Crippen LogP contribution in [-0.2, 0) is 46.0 Å².